The van der Waals surface area contributed by atoms with E-state index >= 15 is 0 Å². The Bertz CT molecular complexity index is 718. The van der Waals surface area contributed by atoms with Gasteiger partial charge in [0.25, 0.3) is 11.8 Å². The second kappa shape index (κ2) is 6.72. The van der Waals surface area contributed by atoms with Gasteiger partial charge in [-0.15, -0.1) is 11.3 Å². The molecule has 0 aliphatic carbocycles. The molecule has 2 heterocycles. The van der Waals surface area contributed by atoms with Crippen LogP contribution in [-0.4, -0.2) is 47.8 Å². The second-order valence-corrected chi connectivity index (χ2v) is 6.88. The number of benzene rings is 1. The summed E-state index contributed by atoms with van der Waals surface area (Å²) in [6, 6.07) is 8.86. The maximum atomic E-state index is 12.5. The number of piperazine rings is 1. The minimum atomic E-state index is -0.0129. The fraction of sp³-hybridized carbons (Fsp3) is 0.294. The Morgan fingerprint density at radius 3 is 2.04 bits per heavy atom. The van der Waals surface area contributed by atoms with Crippen LogP contribution in [0.2, 0.25) is 5.02 Å². The van der Waals surface area contributed by atoms with Crippen LogP contribution >= 0.6 is 22.9 Å². The molecule has 0 bridgehead atoms. The highest BCUT2D eigenvalue weighted by Gasteiger charge is 2.26. The zero-order valence-electron chi connectivity index (χ0n) is 12.8. The number of hydrogen-bond acceptors (Lipinski definition) is 3. The molecule has 6 heteroatoms. The quantitative estimate of drug-likeness (QED) is 0.835. The molecule has 4 nitrogen and oxygen atoms in total. The van der Waals surface area contributed by atoms with E-state index in [4.69, 9.17) is 11.6 Å². The first-order valence-electron chi connectivity index (χ1n) is 7.44. The molecular weight excluding hydrogens is 332 g/mol. The van der Waals surface area contributed by atoms with Crippen molar-refractivity contribution in [3.63, 3.8) is 0 Å². The third-order valence-corrected chi connectivity index (χ3v) is 5.26. The minimum absolute atomic E-state index is 0.0129. The minimum Gasteiger partial charge on any atom is -0.335 e. The highest BCUT2D eigenvalue weighted by molar-refractivity contribution is 7.12. The monoisotopic (exact) mass is 348 g/mol. The van der Waals surface area contributed by atoms with Crippen LogP contribution in [-0.2, 0) is 0 Å². The van der Waals surface area contributed by atoms with Gasteiger partial charge in [-0.2, -0.15) is 0 Å². The number of carbonyl (C=O) groups excluding carboxylic acids is 2. The Hall–Kier alpha value is -1.85. The van der Waals surface area contributed by atoms with Crippen molar-refractivity contribution in [3.8, 4) is 0 Å². The number of halogens is 1. The molecule has 23 heavy (non-hydrogen) atoms. The van der Waals surface area contributed by atoms with Crippen LogP contribution in [0.5, 0.6) is 0 Å². The first-order chi connectivity index (χ1) is 11.1. The number of nitrogens with zero attached hydrogens (tertiary/aromatic N) is 2. The first kappa shape index (κ1) is 16.0. The van der Waals surface area contributed by atoms with Crippen LogP contribution in [0, 0.1) is 6.92 Å². The van der Waals surface area contributed by atoms with Crippen LogP contribution < -0.4 is 0 Å². The van der Waals surface area contributed by atoms with Crippen molar-refractivity contribution in [3.05, 3.63) is 56.7 Å². The van der Waals surface area contributed by atoms with Crippen molar-refractivity contribution in [1.29, 1.82) is 0 Å². The maximum absolute atomic E-state index is 12.5. The van der Waals surface area contributed by atoms with Gasteiger partial charge in [-0.3, -0.25) is 9.59 Å². The van der Waals surface area contributed by atoms with Crippen molar-refractivity contribution in [2.24, 2.45) is 0 Å². The lowest BCUT2D eigenvalue weighted by atomic mass is 10.1. The number of carbonyl (C=O) groups is 2. The standard InChI is InChI=1S/C17H17ClN2O2S/c1-12-6-11-23-15(12)17(22)20-9-7-19(8-10-20)16(21)13-2-4-14(18)5-3-13/h2-6,11H,7-10H2,1H3. The molecule has 0 atom stereocenters. The normalized spacial score (nSPS) is 14.9. The number of rotatable bonds is 2. The molecule has 1 aliphatic rings. The van der Waals surface area contributed by atoms with Gasteiger partial charge in [0.2, 0.25) is 0 Å². The van der Waals surface area contributed by atoms with Crippen LogP contribution in [0.25, 0.3) is 0 Å². The van der Waals surface area contributed by atoms with E-state index < -0.39 is 0 Å². The zero-order valence-corrected chi connectivity index (χ0v) is 14.4. The molecule has 1 aromatic heterocycles. The van der Waals surface area contributed by atoms with E-state index in [0.717, 1.165) is 10.4 Å². The molecule has 0 unspecified atom stereocenters. The predicted molar refractivity (Wildman–Crippen MR) is 92.3 cm³/mol. The fourth-order valence-corrected chi connectivity index (χ4v) is 3.64. The summed E-state index contributed by atoms with van der Waals surface area (Å²) in [5.74, 6) is 0.0529. The summed E-state index contributed by atoms with van der Waals surface area (Å²) in [6.45, 7) is 4.18. The largest absolute Gasteiger partial charge is 0.335 e. The van der Waals surface area contributed by atoms with Gasteiger partial charge in [0.1, 0.15) is 0 Å². The highest BCUT2D eigenvalue weighted by Crippen LogP contribution is 2.19. The van der Waals surface area contributed by atoms with Crippen molar-refractivity contribution < 1.29 is 9.59 Å². The summed E-state index contributed by atoms with van der Waals surface area (Å²) in [6.07, 6.45) is 0. The van der Waals surface area contributed by atoms with Gasteiger partial charge < -0.3 is 9.80 Å². The van der Waals surface area contributed by atoms with Gasteiger partial charge in [-0.1, -0.05) is 11.6 Å². The molecule has 0 N–H and O–H groups in total. The van der Waals surface area contributed by atoms with Gasteiger partial charge in [0.15, 0.2) is 0 Å². The molecule has 0 radical (unpaired) electrons. The van der Waals surface area contributed by atoms with Crippen molar-refractivity contribution in [2.45, 2.75) is 6.92 Å². The van der Waals surface area contributed by atoms with Gasteiger partial charge >= 0.3 is 0 Å². The van der Waals surface area contributed by atoms with Crippen LogP contribution in [0.4, 0.5) is 0 Å². The van der Waals surface area contributed by atoms with E-state index in [0.29, 0.717) is 36.8 Å². The van der Waals surface area contributed by atoms with Crippen LogP contribution in [0.15, 0.2) is 35.7 Å². The molecule has 3 rings (SSSR count). The average molecular weight is 349 g/mol. The Balaban J connectivity index is 1.62. The summed E-state index contributed by atoms with van der Waals surface area (Å²) < 4.78 is 0. The van der Waals surface area contributed by atoms with Gasteiger partial charge in [-0.25, -0.2) is 0 Å². The summed E-state index contributed by atoms with van der Waals surface area (Å²) >= 11 is 7.32. The zero-order chi connectivity index (χ0) is 16.4. The lowest BCUT2D eigenvalue weighted by molar-refractivity contribution is 0.0537. The maximum Gasteiger partial charge on any atom is 0.264 e. The number of thiophene rings is 1. The molecule has 1 fully saturated rings. The molecule has 2 amide bonds. The third-order valence-electron chi connectivity index (χ3n) is 4.00. The highest BCUT2D eigenvalue weighted by atomic mass is 35.5. The Morgan fingerprint density at radius 1 is 0.957 bits per heavy atom. The summed E-state index contributed by atoms with van der Waals surface area (Å²) in [7, 11) is 0. The second-order valence-electron chi connectivity index (χ2n) is 5.52. The summed E-state index contributed by atoms with van der Waals surface area (Å²) in [4.78, 5) is 29.3. The average Bonchev–Trinajstić information content (AvgIpc) is 3.00. The van der Waals surface area contributed by atoms with Crippen LogP contribution in [0.3, 0.4) is 0 Å². The van der Waals surface area contributed by atoms with E-state index in [2.05, 4.69) is 0 Å². The molecule has 1 aromatic carbocycles. The van der Waals surface area contributed by atoms with Crippen molar-refractivity contribution in [2.75, 3.05) is 26.2 Å². The lowest BCUT2D eigenvalue weighted by Crippen LogP contribution is -2.50. The SMILES string of the molecule is Cc1ccsc1C(=O)N1CCN(C(=O)c2ccc(Cl)cc2)CC1. The molecule has 0 saturated carbocycles. The fourth-order valence-electron chi connectivity index (χ4n) is 2.62. The molecule has 0 spiro atoms. The lowest BCUT2D eigenvalue weighted by Gasteiger charge is -2.34. The molecule has 120 valence electrons. The topological polar surface area (TPSA) is 40.6 Å². The Kier molecular flexibility index (Phi) is 4.68. The molecule has 1 saturated heterocycles. The van der Waals surface area contributed by atoms with Crippen molar-refractivity contribution in [1.82, 2.24) is 9.80 Å². The Morgan fingerprint density at radius 2 is 1.52 bits per heavy atom. The van der Waals surface area contributed by atoms with E-state index in [1.807, 2.05) is 23.3 Å². The summed E-state index contributed by atoms with van der Waals surface area (Å²) in [5, 5.41) is 2.55. The smallest absolute Gasteiger partial charge is 0.264 e. The van der Waals surface area contributed by atoms with Gasteiger partial charge in [0.05, 0.1) is 4.88 Å². The number of amides is 2. The van der Waals surface area contributed by atoms with Crippen LogP contribution in [0.1, 0.15) is 25.6 Å². The third kappa shape index (κ3) is 3.41. The van der Waals surface area contributed by atoms with E-state index in [-0.39, 0.29) is 11.8 Å². The van der Waals surface area contributed by atoms with E-state index in [1.165, 1.54) is 11.3 Å². The van der Waals surface area contributed by atoms with E-state index in [9.17, 15) is 9.59 Å². The van der Waals surface area contributed by atoms with Gasteiger partial charge in [0, 0.05) is 36.8 Å². The first-order valence-corrected chi connectivity index (χ1v) is 8.70. The van der Waals surface area contributed by atoms with E-state index in [1.54, 1.807) is 29.2 Å². The Labute approximate surface area is 144 Å². The summed E-state index contributed by atoms with van der Waals surface area (Å²) in [5.41, 5.74) is 1.64. The predicted octanol–water partition coefficient (Wildman–Crippen LogP) is 3.31. The van der Waals surface area contributed by atoms with Gasteiger partial charge in [-0.05, 0) is 48.2 Å². The van der Waals surface area contributed by atoms with Crippen molar-refractivity contribution >= 4 is 34.8 Å². The molecule has 1 aliphatic heterocycles. The number of aryl methyl sites for hydroxylation is 1. The molecular formula is C17H17ClN2O2S. The number of hydrogen-bond donors (Lipinski definition) is 0. The molecule has 2 aromatic rings.